The summed E-state index contributed by atoms with van der Waals surface area (Å²) in [5.41, 5.74) is 0. The molecular weight excluding hydrogens is 306 g/mol. The van der Waals surface area contributed by atoms with E-state index in [-0.39, 0.29) is 23.9 Å². The summed E-state index contributed by atoms with van der Waals surface area (Å²) in [5.74, 6) is 0.0682. The highest BCUT2D eigenvalue weighted by Gasteiger charge is 2.33. The van der Waals surface area contributed by atoms with Crippen LogP contribution in [0.3, 0.4) is 0 Å². The standard InChI is InChI=1S/C18H31N3O3/c1-14(22)21-9-3-2-4-17(21)18(23)19-15-5-10-20(11-6-15)16-7-12-24-13-8-16/h15-17H,2-13H2,1H3,(H,19,23). The van der Waals surface area contributed by atoms with Crippen molar-refractivity contribution >= 4 is 11.8 Å². The van der Waals surface area contributed by atoms with Crippen LogP contribution in [0.1, 0.15) is 51.9 Å². The first kappa shape index (κ1) is 17.7. The van der Waals surface area contributed by atoms with Gasteiger partial charge in [-0.1, -0.05) is 0 Å². The summed E-state index contributed by atoms with van der Waals surface area (Å²) < 4.78 is 5.44. The summed E-state index contributed by atoms with van der Waals surface area (Å²) >= 11 is 0. The SMILES string of the molecule is CC(=O)N1CCCCC1C(=O)NC1CCN(C2CCOCC2)CC1. The molecule has 3 aliphatic heterocycles. The third kappa shape index (κ3) is 4.28. The molecule has 6 heteroatoms. The minimum atomic E-state index is -0.259. The quantitative estimate of drug-likeness (QED) is 0.839. The molecule has 3 heterocycles. The summed E-state index contributed by atoms with van der Waals surface area (Å²) in [6, 6.07) is 0.649. The molecule has 24 heavy (non-hydrogen) atoms. The molecule has 3 aliphatic rings. The van der Waals surface area contributed by atoms with Crippen LogP contribution in [0.5, 0.6) is 0 Å². The van der Waals surface area contributed by atoms with Crippen molar-refractivity contribution in [3.63, 3.8) is 0 Å². The van der Waals surface area contributed by atoms with E-state index in [9.17, 15) is 9.59 Å². The van der Waals surface area contributed by atoms with Gasteiger partial charge in [0.05, 0.1) is 0 Å². The van der Waals surface area contributed by atoms with E-state index in [1.54, 1.807) is 11.8 Å². The van der Waals surface area contributed by atoms with Gasteiger partial charge in [0.2, 0.25) is 11.8 Å². The van der Waals surface area contributed by atoms with Crippen molar-refractivity contribution in [1.29, 1.82) is 0 Å². The fourth-order valence-corrected chi connectivity index (χ4v) is 4.34. The van der Waals surface area contributed by atoms with Crippen LogP contribution in [0.2, 0.25) is 0 Å². The monoisotopic (exact) mass is 337 g/mol. The van der Waals surface area contributed by atoms with Gasteiger partial charge in [-0.25, -0.2) is 0 Å². The summed E-state index contributed by atoms with van der Waals surface area (Å²) in [6.45, 7) is 6.15. The maximum absolute atomic E-state index is 12.6. The second-order valence-electron chi connectivity index (χ2n) is 7.39. The molecule has 0 aromatic carbocycles. The molecule has 1 atom stereocenters. The van der Waals surface area contributed by atoms with Gasteiger partial charge in [-0.3, -0.25) is 9.59 Å². The normalized spacial score (nSPS) is 27.9. The van der Waals surface area contributed by atoms with Crippen LogP contribution >= 0.6 is 0 Å². The number of carbonyl (C=O) groups is 2. The summed E-state index contributed by atoms with van der Waals surface area (Å²) in [4.78, 5) is 28.7. The van der Waals surface area contributed by atoms with Crippen LogP contribution < -0.4 is 5.32 Å². The lowest BCUT2D eigenvalue weighted by atomic mass is 9.97. The molecule has 3 rings (SSSR count). The van der Waals surface area contributed by atoms with Gasteiger partial charge in [0.1, 0.15) is 6.04 Å². The van der Waals surface area contributed by atoms with E-state index in [4.69, 9.17) is 4.74 Å². The Kier molecular flexibility index (Phi) is 6.11. The molecule has 136 valence electrons. The van der Waals surface area contributed by atoms with Gasteiger partial charge < -0.3 is 19.9 Å². The molecule has 6 nitrogen and oxygen atoms in total. The third-order valence-corrected chi connectivity index (χ3v) is 5.79. The Morgan fingerprint density at radius 2 is 1.67 bits per heavy atom. The molecule has 1 unspecified atom stereocenters. The molecule has 0 spiro atoms. The summed E-state index contributed by atoms with van der Waals surface area (Å²) in [7, 11) is 0. The molecule has 0 radical (unpaired) electrons. The number of piperidine rings is 2. The lowest BCUT2D eigenvalue weighted by Crippen LogP contribution is -2.55. The fourth-order valence-electron chi connectivity index (χ4n) is 4.34. The Labute approximate surface area is 144 Å². The minimum Gasteiger partial charge on any atom is -0.381 e. The molecule has 0 aliphatic carbocycles. The van der Waals surface area contributed by atoms with Gasteiger partial charge in [-0.2, -0.15) is 0 Å². The van der Waals surface area contributed by atoms with E-state index in [2.05, 4.69) is 10.2 Å². The molecule has 0 bridgehead atoms. The molecule has 0 aromatic rings. The van der Waals surface area contributed by atoms with Crippen LogP contribution in [-0.4, -0.2) is 72.6 Å². The Balaban J connectivity index is 1.46. The number of amides is 2. The van der Waals surface area contributed by atoms with Crippen LogP contribution in [0.4, 0.5) is 0 Å². The molecule has 3 saturated heterocycles. The highest BCUT2D eigenvalue weighted by Crippen LogP contribution is 2.21. The molecular formula is C18H31N3O3. The summed E-state index contributed by atoms with van der Waals surface area (Å²) in [5, 5.41) is 3.21. The van der Waals surface area contributed by atoms with Gasteiger partial charge in [0.25, 0.3) is 0 Å². The maximum Gasteiger partial charge on any atom is 0.243 e. The Hall–Kier alpha value is -1.14. The van der Waals surface area contributed by atoms with Gasteiger partial charge in [0, 0.05) is 51.9 Å². The van der Waals surface area contributed by atoms with E-state index >= 15 is 0 Å². The van der Waals surface area contributed by atoms with E-state index in [1.165, 1.54) is 0 Å². The van der Waals surface area contributed by atoms with Crippen molar-refractivity contribution in [1.82, 2.24) is 15.1 Å². The van der Waals surface area contributed by atoms with E-state index < -0.39 is 0 Å². The van der Waals surface area contributed by atoms with Crippen LogP contribution in [0.25, 0.3) is 0 Å². The van der Waals surface area contributed by atoms with Crippen molar-refractivity contribution in [2.24, 2.45) is 0 Å². The minimum absolute atomic E-state index is 0.0178. The number of ether oxygens (including phenoxy) is 1. The Morgan fingerprint density at radius 3 is 2.33 bits per heavy atom. The smallest absolute Gasteiger partial charge is 0.243 e. The lowest BCUT2D eigenvalue weighted by Gasteiger charge is -2.40. The number of likely N-dealkylation sites (tertiary alicyclic amines) is 2. The number of carbonyl (C=O) groups excluding carboxylic acids is 2. The third-order valence-electron chi connectivity index (χ3n) is 5.79. The number of hydrogen-bond donors (Lipinski definition) is 1. The molecule has 2 amide bonds. The van der Waals surface area contributed by atoms with Crippen molar-refractivity contribution < 1.29 is 14.3 Å². The van der Waals surface area contributed by atoms with E-state index in [0.717, 1.165) is 77.8 Å². The highest BCUT2D eigenvalue weighted by molar-refractivity contribution is 5.87. The van der Waals surface area contributed by atoms with Gasteiger partial charge >= 0.3 is 0 Å². The van der Waals surface area contributed by atoms with Crippen molar-refractivity contribution in [2.45, 2.75) is 70.0 Å². The largest absolute Gasteiger partial charge is 0.381 e. The zero-order valence-electron chi connectivity index (χ0n) is 14.8. The molecule has 1 N–H and O–H groups in total. The average Bonchev–Trinajstić information content (AvgIpc) is 2.63. The number of nitrogens with zero attached hydrogens (tertiary/aromatic N) is 2. The fraction of sp³-hybridized carbons (Fsp3) is 0.889. The van der Waals surface area contributed by atoms with Gasteiger partial charge in [-0.15, -0.1) is 0 Å². The number of nitrogens with one attached hydrogen (secondary N) is 1. The molecule has 0 aromatic heterocycles. The predicted molar refractivity (Wildman–Crippen MR) is 91.6 cm³/mol. The second kappa shape index (κ2) is 8.30. The van der Waals surface area contributed by atoms with Crippen molar-refractivity contribution in [2.75, 3.05) is 32.8 Å². The highest BCUT2D eigenvalue weighted by atomic mass is 16.5. The van der Waals surface area contributed by atoms with E-state index in [0.29, 0.717) is 6.04 Å². The first-order valence-corrected chi connectivity index (χ1v) is 9.54. The van der Waals surface area contributed by atoms with Crippen molar-refractivity contribution in [3.05, 3.63) is 0 Å². The first-order chi connectivity index (χ1) is 11.6. The average molecular weight is 337 g/mol. The van der Waals surface area contributed by atoms with Crippen LogP contribution in [0, 0.1) is 0 Å². The van der Waals surface area contributed by atoms with Crippen LogP contribution in [0.15, 0.2) is 0 Å². The zero-order valence-corrected chi connectivity index (χ0v) is 14.8. The van der Waals surface area contributed by atoms with E-state index in [1.807, 2.05) is 0 Å². The predicted octanol–water partition coefficient (Wildman–Crippen LogP) is 1.15. The van der Waals surface area contributed by atoms with Gasteiger partial charge in [-0.05, 0) is 44.9 Å². The summed E-state index contributed by atoms with van der Waals surface area (Å²) in [6.07, 6.45) is 7.12. The number of hydrogen-bond acceptors (Lipinski definition) is 4. The number of rotatable bonds is 3. The molecule has 0 saturated carbocycles. The first-order valence-electron chi connectivity index (χ1n) is 9.54. The Bertz CT molecular complexity index is 443. The van der Waals surface area contributed by atoms with Crippen molar-refractivity contribution in [3.8, 4) is 0 Å². The molecule has 3 fully saturated rings. The Morgan fingerprint density at radius 1 is 0.958 bits per heavy atom. The van der Waals surface area contributed by atoms with Gasteiger partial charge in [0.15, 0.2) is 0 Å². The van der Waals surface area contributed by atoms with Crippen LogP contribution in [-0.2, 0) is 14.3 Å². The zero-order chi connectivity index (χ0) is 16.9. The lowest BCUT2D eigenvalue weighted by molar-refractivity contribution is -0.141. The second-order valence-corrected chi connectivity index (χ2v) is 7.39. The topological polar surface area (TPSA) is 61.9 Å². The maximum atomic E-state index is 12.6.